The third-order valence-corrected chi connectivity index (χ3v) is 4.72. The van der Waals surface area contributed by atoms with E-state index in [1.807, 2.05) is 50.2 Å². The Hall–Kier alpha value is -3.31. The molecular formula is C24H23ClN2O3. The molecule has 0 fully saturated rings. The lowest BCUT2D eigenvalue weighted by molar-refractivity contribution is -0.122. The highest BCUT2D eigenvalue weighted by atomic mass is 35.5. The van der Waals surface area contributed by atoms with Crippen molar-refractivity contribution < 1.29 is 14.3 Å². The number of aryl methyl sites for hydroxylation is 2. The van der Waals surface area contributed by atoms with Gasteiger partial charge in [-0.1, -0.05) is 35.9 Å². The van der Waals surface area contributed by atoms with E-state index in [4.69, 9.17) is 16.3 Å². The van der Waals surface area contributed by atoms with Crippen molar-refractivity contribution in [1.29, 1.82) is 0 Å². The summed E-state index contributed by atoms with van der Waals surface area (Å²) < 4.78 is 5.63. The Kier molecular flexibility index (Phi) is 6.75. The summed E-state index contributed by atoms with van der Waals surface area (Å²) in [4.78, 5) is 25.2. The molecule has 5 nitrogen and oxygen atoms in total. The minimum absolute atomic E-state index is 0.291. The molecule has 0 aliphatic rings. The number of para-hydroxylation sites is 1. The number of amides is 2. The zero-order chi connectivity index (χ0) is 21.7. The van der Waals surface area contributed by atoms with Gasteiger partial charge >= 0.3 is 0 Å². The lowest BCUT2D eigenvalue weighted by Crippen LogP contribution is -2.30. The largest absolute Gasteiger partial charge is 0.481 e. The van der Waals surface area contributed by atoms with Gasteiger partial charge in [-0.15, -0.1) is 0 Å². The van der Waals surface area contributed by atoms with Crippen molar-refractivity contribution in [2.45, 2.75) is 26.9 Å². The Labute approximate surface area is 181 Å². The average Bonchev–Trinajstić information content (AvgIpc) is 2.69. The average molecular weight is 423 g/mol. The molecule has 3 rings (SSSR count). The van der Waals surface area contributed by atoms with Gasteiger partial charge in [-0.3, -0.25) is 9.59 Å². The summed E-state index contributed by atoms with van der Waals surface area (Å²) in [7, 11) is 0. The Morgan fingerprint density at radius 1 is 0.900 bits per heavy atom. The fourth-order valence-corrected chi connectivity index (χ4v) is 3.17. The van der Waals surface area contributed by atoms with Crippen LogP contribution in [-0.2, 0) is 4.79 Å². The van der Waals surface area contributed by atoms with Crippen LogP contribution in [-0.4, -0.2) is 17.9 Å². The summed E-state index contributed by atoms with van der Waals surface area (Å²) in [6.07, 6.45) is -0.740. The number of benzene rings is 3. The molecular weight excluding hydrogens is 400 g/mol. The standard InChI is InChI=1S/C24H23ClN2O3/c1-15-11-16(2)13-19(12-15)26-24(29)18-9-10-21(25)22(14-18)27-23(28)17(3)30-20-7-5-4-6-8-20/h4-14,17H,1-3H3,(H,26,29)(H,27,28)/t17-/m0/s1. The van der Waals surface area contributed by atoms with Crippen LogP contribution in [0.15, 0.2) is 66.7 Å². The van der Waals surface area contributed by atoms with Crippen LogP contribution in [0.5, 0.6) is 5.75 Å². The SMILES string of the molecule is Cc1cc(C)cc(NC(=O)c2ccc(Cl)c(NC(=O)[C@H](C)Oc3ccccc3)c2)c1. The Balaban J connectivity index is 1.71. The van der Waals surface area contributed by atoms with Crippen molar-refractivity contribution in [2.75, 3.05) is 10.6 Å². The van der Waals surface area contributed by atoms with E-state index in [-0.39, 0.29) is 11.8 Å². The summed E-state index contributed by atoms with van der Waals surface area (Å²) in [5.41, 5.74) is 3.55. The highest BCUT2D eigenvalue weighted by Gasteiger charge is 2.17. The van der Waals surface area contributed by atoms with Crippen LogP contribution >= 0.6 is 11.6 Å². The van der Waals surface area contributed by atoms with Gasteiger partial charge in [0.15, 0.2) is 6.10 Å². The molecule has 30 heavy (non-hydrogen) atoms. The molecule has 0 aliphatic heterocycles. The molecule has 0 unspecified atom stereocenters. The van der Waals surface area contributed by atoms with Gasteiger partial charge in [0, 0.05) is 11.3 Å². The molecule has 0 radical (unpaired) electrons. The second-order valence-electron chi connectivity index (χ2n) is 7.09. The van der Waals surface area contributed by atoms with Gasteiger partial charge in [0.2, 0.25) is 0 Å². The van der Waals surface area contributed by atoms with Crippen molar-refractivity contribution in [1.82, 2.24) is 0 Å². The molecule has 0 saturated heterocycles. The Morgan fingerprint density at radius 2 is 1.57 bits per heavy atom. The van der Waals surface area contributed by atoms with E-state index in [2.05, 4.69) is 10.6 Å². The normalized spacial score (nSPS) is 11.5. The van der Waals surface area contributed by atoms with E-state index in [1.54, 1.807) is 37.3 Å². The number of carbonyl (C=O) groups is 2. The lowest BCUT2D eigenvalue weighted by Gasteiger charge is -2.16. The van der Waals surface area contributed by atoms with E-state index in [9.17, 15) is 9.59 Å². The molecule has 2 N–H and O–H groups in total. The summed E-state index contributed by atoms with van der Waals surface area (Å²) in [6, 6.07) is 19.6. The summed E-state index contributed by atoms with van der Waals surface area (Å²) in [6.45, 7) is 5.58. The Morgan fingerprint density at radius 3 is 2.23 bits per heavy atom. The minimum Gasteiger partial charge on any atom is -0.481 e. The number of anilines is 2. The molecule has 6 heteroatoms. The molecule has 0 aromatic heterocycles. The molecule has 3 aromatic carbocycles. The first-order chi connectivity index (χ1) is 14.3. The van der Waals surface area contributed by atoms with Crippen molar-refractivity contribution in [3.05, 3.63) is 88.4 Å². The smallest absolute Gasteiger partial charge is 0.265 e. The summed E-state index contributed by atoms with van der Waals surface area (Å²) in [5.74, 6) is -0.0683. The maximum Gasteiger partial charge on any atom is 0.265 e. The van der Waals surface area contributed by atoms with Gasteiger partial charge in [-0.2, -0.15) is 0 Å². The maximum atomic E-state index is 12.7. The van der Waals surface area contributed by atoms with Crippen LogP contribution in [0, 0.1) is 13.8 Å². The van der Waals surface area contributed by atoms with Gasteiger partial charge in [-0.25, -0.2) is 0 Å². The highest BCUT2D eigenvalue weighted by Crippen LogP contribution is 2.25. The van der Waals surface area contributed by atoms with E-state index >= 15 is 0 Å². The topological polar surface area (TPSA) is 67.4 Å². The zero-order valence-corrected chi connectivity index (χ0v) is 17.8. The van der Waals surface area contributed by atoms with E-state index < -0.39 is 6.10 Å². The van der Waals surface area contributed by atoms with Crippen LogP contribution in [0.2, 0.25) is 5.02 Å². The summed E-state index contributed by atoms with van der Waals surface area (Å²) >= 11 is 6.22. The van der Waals surface area contributed by atoms with E-state index in [1.165, 1.54) is 0 Å². The van der Waals surface area contributed by atoms with Gasteiger partial charge in [-0.05, 0) is 74.4 Å². The first-order valence-corrected chi connectivity index (χ1v) is 9.91. The van der Waals surface area contributed by atoms with Crippen molar-refractivity contribution >= 4 is 34.8 Å². The third-order valence-electron chi connectivity index (χ3n) is 4.39. The zero-order valence-electron chi connectivity index (χ0n) is 17.0. The van der Waals surface area contributed by atoms with E-state index in [0.717, 1.165) is 11.1 Å². The monoisotopic (exact) mass is 422 g/mol. The highest BCUT2D eigenvalue weighted by molar-refractivity contribution is 6.34. The fraction of sp³-hybridized carbons (Fsp3) is 0.167. The molecule has 3 aromatic rings. The first kappa shape index (κ1) is 21.4. The minimum atomic E-state index is -0.740. The summed E-state index contributed by atoms with van der Waals surface area (Å²) in [5, 5.41) is 5.94. The number of halogens is 1. The van der Waals surface area contributed by atoms with Gasteiger partial charge < -0.3 is 15.4 Å². The second kappa shape index (κ2) is 9.46. The number of nitrogens with one attached hydrogen (secondary N) is 2. The van der Waals surface area contributed by atoms with Crippen LogP contribution in [0.25, 0.3) is 0 Å². The molecule has 154 valence electrons. The quantitative estimate of drug-likeness (QED) is 0.542. The molecule has 0 saturated carbocycles. The van der Waals surface area contributed by atoms with Gasteiger partial charge in [0.05, 0.1) is 10.7 Å². The maximum absolute atomic E-state index is 12.7. The first-order valence-electron chi connectivity index (χ1n) is 9.53. The molecule has 0 bridgehead atoms. The number of rotatable bonds is 6. The van der Waals surface area contributed by atoms with Gasteiger partial charge in [0.1, 0.15) is 5.75 Å². The number of carbonyl (C=O) groups excluding carboxylic acids is 2. The number of hydrogen-bond acceptors (Lipinski definition) is 3. The third kappa shape index (κ3) is 5.61. The number of ether oxygens (including phenoxy) is 1. The van der Waals surface area contributed by atoms with Crippen LogP contribution in [0.1, 0.15) is 28.4 Å². The van der Waals surface area contributed by atoms with Crippen LogP contribution in [0.3, 0.4) is 0 Å². The lowest BCUT2D eigenvalue weighted by atomic mass is 10.1. The predicted octanol–water partition coefficient (Wildman–Crippen LogP) is 5.62. The molecule has 0 heterocycles. The van der Waals surface area contributed by atoms with Crippen molar-refractivity contribution in [3.63, 3.8) is 0 Å². The van der Waals surface area contributed by atoms with E-state index in [0.29, 0.717) is 27.7 Å². The Bertz CT molecular complexity index is 1050. The predicted molar refractivity (Wildman–Crippen MR) is 120 cm³/mol. The second-order valence-corrected chi connectivity index (χ2v) is 7.49. The molecule has 1 atom stereocenters. The fourth-order valence-electron chi connectivity index (χ4n) is 3.00. The van der Waals surface area contributed by atoms with Crippen molar-refractivity contribution in [2.24, 2.45) is 0 Å². The number of hydrogen-bond donors (Lipinski definition) is 2. The van der Waals surface area contributed by atoms with Crippen LogP contribution in [0.4, 0.5) is 11.4 Å². The van der Waals surface area contributed by atoms with Crippen molar-refractivity contribution in [3.8, 4) is 5.75 Å². The molecule has 0 spiro atoms. The van der Waals surface area contributed by atoms with Crippen LogP contribution < -0.4 is 15.4 Å². The molecule has 2 amide bonds. The van der Waals surface area contributed by atoms with Gasteiger partial charge in [0.25, 0.3) is 11.8 Å². The molecule has 0 aliphatic carbocycles.